The first-order valence-electron chi connectivity index (χ1n) is 9.30. The van der Waals surface area contributed by atoms with Crippen molar-refractivity contribution in [2.75, 3.05) is 6.26 Å². The summed E-state index contributed by atoms with van der Waals surface area (Å²) in [5, 5.41) is 0.446. The minimum atomic E-state index is -0.548. The van der Waals surface area contributed by atoms with E-state index < -0.39 is 6.04 Å². The summed E-state index contributed by atoms with van der Waals surface area (Å²) in [5.74, 6) is 0.421. The minimum absolute atomic E-state index is 0.0975. The average molecular weight is 482 g/mol. The van der Waals surface area contributed by atoms with Gasteiger partial charge in [-0.25, -0.2) is 0 Å². The molecule has 1 unspecified atom stereocenters. The van der Waals surface area contributed by atoms with Crippen LogP contribution in [-0.4, -0.2) is 17.1 Å². The van der Waals surface area contributed by atoms with Crippen molar-refractivity contribution in [2.24, 2.45) is 0 Å². The normalized spacial score (nSPS) is 15.7. The van der Waals surface area contributed by atoms with Gasteiger partial charge in [-0.3, -0.25) is 9.59 Å². The Kier molecular flexibility index (Phi) is 4.79. The molecule has 5 rings (SSSR count). The molecule has 1 aliphatic rings. The van der Waals surface area contributed by atoms with Gasteiger partial charge in [-0.15, -0.1) is 11.8 Å². The molecule has 2 aromatic heterocycles. The standard InChI is InChI=1S/C23H16BrNO4S/c1-30-16-7-4-13(5-8-16)20-19-21(26)17-11-14(24)6-9-18(17)29-22(19)23(27)25(20)12-15-3-2-10-28-15/h2-11,20H,12H2,1H3. The van der Waals surface area contributed by atoms with E-state index in [2.05, 4.69) is 15.9 Å². The van der Waals surface area contributed by atoms with E-state index in [1.165, 1.54) is 0 Å². The van der Waals surface area contributed by atoms with Crippen LogP contribution in [0.3, 0.4) is 0 Å². The molecular weight excluding hydrogens is 466 g/mol. The van der Waals surface area contributed by atoms with Crippen LogP contribution in [0.5, 0.6) is 0 Å². The molecule has 0 fully saturated rings. The fraction of sp³-hybridized carbons (Fsp3) is 0.130. The summed E-state index contributed by atoms with van der Waals surface area (Å²) in [6.45, 7) is 0.241. The van der Waals surface area contributed by atoms with Gasteiger partial charge in [0.15, 0.2) is 5.43 Å². The Morgan fingerprint density at radius 3 is 2.60 bits per heavy atom. The molecule has 5 nitrogen and oxygen atoms in total. The maximum atomic E-state index is 13.5. The van der Waals surface area contributed by atoms with E-state index in [9.17, 15) is 9.59 Å². The van der Waals surface area contributed by atoms with Crippen LogP contribution in [0.4, 0.5) is 0 Å². The van der Waals surface area contributed by atoms with E-state index in [4.69, 9.17) is 8.83 Å². The molecule has 0 spiro atoms. The second-order valence-corrected chi connectivity index (χ2v) is 8.80. The van der Waals surface area contributed by atoms with Crippen molar-refractivity contribution < 1.29 is 13.6 Å². The molecule has 0 bridgehead atoms. The molecule has 1 aliphatic heterocycles. The van der Waals surface area contributed by atoms with Crippen LogP contribution in [0, 0.1) is 0 Å². The smallest absolute Gasteiger partial charge is 0.291 e. The lowest BCUT2D eigenvalue weighted by molar-refractivity contribution is 0.0701. The zero-order chi connectivity index (χ0) is 20.8. The largest absolute Gasteiger partial charge is 0.467 e. The molecule has 7 heteroatoms. The number of hydrogen-bond donors (Lipinski definition) is 0. The topological polar surface area (TPSA) is 63.7 Å². The average Bonchev–Trinajstić information content (AvgIpc) is 3.37. The minimum Gasteiger partial charge on any atom is -0.467 e. The molecule has 4 aromatic rings. The summed E-state index contributed by atoms with van der Waals surface area (Å²) in [4.78, 5) is 29.6. The fourth-order valence-electron chi connectivity index (χ4n) is 3.86. The highest BCUT2D eigenvalue weighted by Crippen LogP contribution is 2.39. The zero-order valence-electron chi connectivity index (χ0n) is 15.9. The fourth-order valence-corrected chi connectivity index (χ4v) is 4.63. The molecule has 0 aliphatic carbocycles. The van der Waals surface area contributed by atoms with Crippen LogP contribution in [0.25, 0.3) is 11.0 Å². The highest BCUT2D eigenvalue weighted by atomic mass is 79.9. The first-order valence-corrected chi connectivity index (χ1v) is 11.3. The summed E-state index contributed by atoms with van der Waals surface area (Å²) in [5.41, 5.74) is 1.43. The van der Waals surface area contributed by atoms with E-state index in [0.29, 0.717) is 22.3 Å². The Labute approximate surface area is 184 Å². The Bertz CT molecular complexity index is 1310. The second kappa shape index (κ2) is 7.49. The van der Waals surface area contributed by atoms with Crippen LogP contribution >= 0.6 is 27.7 Å². The molecular formula is C23H16BrNO4S. The van der Waals surface area contributed by atoms with Gasteiger partial charge in [0.2, 0.25) is 5.76 Å². The van der Waals surface area contributed by atoms with Gasteiger partial charge in [0.25, 0.3) is 5.91 Å². The van der Waals surface area contributed by atoms with Gasteiger partial charge < -0.3 is 13.7 Å². The monoisotopic (exact) mass is 481 g/mol. The lowest BCUT2D eigenvalue weighted by Gasteiger charge is -2.24. The summed E-state index contributed by atoms with van der Waals surface area (Å²) < 4.78 is 12.2. The summed E-state index contributed by atoms with van der Waals surface area (Å²) >= 11 is 5.05. The molecule has 2 aromatic carbocycles. The van der Waals surface area contributed by atoms with Crippen molar-refractivity contribution in [2.45, 2.75) is 17.5 Å². The van der Waals surface area contributed by atoms with E-state index in [1.54, 1.807) is 47.2 Å². The SMILES string of the molecule is CSc1ccc(C2c3c(oc4ccc(Br)cc4c3=O)C(=O)N2Cc2ccco2)cc1. The molecule has 1 atom stereocenters. The lowest BCUT2D eigenvalue weighted by atomic mass is 9.98. The van der Waals surface area contributed by atoms with E-state index in [0.717, 1.165) is 14.9 Å². The predicted molar refractivity (Wildman–Crippen MR) is 119 cm³/mol. The van der Waals surface area contributed by atoms with Crippen LogP contribution < -0.4 is 5.43 Å². The summed E-state index contributed by atoms with van der Waals surface area (Å²) in [7, 11) is 0. The van der Waals surface area contributed by atoms with Crippen molar-refractivity contribution in [3.8, 4) is 0 Å². The van der Waals surface area contributed by atoms with Gasteiger partial charge in [-0.2, -0.15) is 0 Å². The van der Waals surface area contributed by atoms with Crippen molar-refractivity contribution >= 4 is 44.6 Å². The molecule has 0 saturated heterocycles. The van der Waals surface area contributed by atoms with Gasteiger partial charge in [0.05, 0.1) is 29.8 Å². The van der Waals surface area contributed by atoms with Crippen LogP contribution in [-0.2, 0) is 6.54 Å². The lowest BCUT2D eigenvalue weighted by Crippen LogP contribution is -2.29. The second-order valence-electron chi connectivity index (χ2n) is 7.00. The first-order chi connectivity index (χ1) is 14.6. The number of hydrogen-bond acceptors (Lipinski definition) is 5. The number of benzene rings is 2. The van der Waals surface area contributed by atoms with Gasteiger partial charge in [0.1, 0.15) is 11.3 Å². The highest BCUT2D eigenvalue weighted by molar-refractivity contribution is 9.10. The molecule has 150 valence electrons. The number of nitrogens with zero attached hydrogens (tertiary/aromatic N) is 1. The van der Waals surface area contributed by atoms with Crippen LogP contribution in [0.2, 0.25) is 0 Å². The first kappa shape index (κ1) is 19.2. The predicted octanol–water partition coefficient (Wildman–Crippen LogP) is 5.62. The Morgan fingerprint density at radius 2 is 1.90 bits per heavy atom. The van der Waals surface area contributed by atoms with Crippen molar-refractivity contribution in [1.82, 2.24) is 4.90 Å². The number of thioether (sulfide) groups is 1. The van der Waals surface area contributed by atoms with Gasteiger partial charge in [0, 0.05) is 9.37 Å². The molecule has 3 heterocycles. The number of amides is 1. The van der Waals surface area contributed by atoms with E-state index in [-0.39, 0.29) is 23.6 Å². The number of rotatable bonds is 4. The number of carbonyl (C=O) groups is 1. The molecule has 0 radical (unpaired) electrons. The third-order valence-corrected chi connectivity index (χ3v) is 6.50. The summed E-state index contributed by atoms with van der Waals surface area (Å²) in [6, 6.07) is 16.2. The maximum absolute atomic E-state index is 13.5. The van der Waals surface area contributed by atoms with Crippen molar-refractivity contribution in [3.05, 3.63) is 98.2 Å². The molecule has 30 heavy (non-hydrogen) atoms. The Morgan fingerprint density at radius 1 is 1.10 bits per heavy atom. The third-order valence-electron chi connectivity index (χ3n) is 5.27. The molecule has 1 amide bonds. The van der Waals surface area contributed by atoms with Crippen molar-refractivity contribution in [3.63, 3.8) is 0 Å². The van der Waals surface area contributed by atoms with Crippen LogP contribution in [0.1, 0.15) is 33.5 Å². The Balaban J connectivity index is 1.73. The van der Waals surface area contributed by atoms with Crippen LogP contribution in [0.15, 0.2) is 83.9 Å². The third kappa shape index (κ3) is 3.09. The number of fused-ring (bicyclic) bond motifs is 2. The van der Waals surface area contributed by atoms with Gasteiger partial charge >= 0.3 is 0 Å². The molecule has 0 N–H and O–H groups in total. The van der Waals surface area contributed by atoms with Gasteiger partial charge in [-0.1, -0.05) is 28.1 Å². The number of carbonyl (C=O) groups excluding carboxylic acids is 1. The Hall–Kier alpha value is -2.77. The molecule has 0 saturated carbocycles. The van der Waals surface area contributed by atoms with E-state index in [1.807, 2.05) is 36.6 Å². The number of furan rings is 1. The quantitative estimate of drug-likeness (QED) is 0.354. The summed E-state index contributed by atoms with van der Waals surface area (Å²) in [6.07, 6.45) is 3.58. The zero-order valence-corrected chi connectivity index (χ0v) is 18.3. The van der Waals surface area contributed by atoms with Crippen molar-refractivity contribution in [1.29, 1.82) is 0 Å². The maximum Gasteiger partial charge on any atom is 0.291 e. The number of halogens is 1. The highest BCUT2D eigenvalue weighted by Gasteiger charge is 2.43. The van der Waals surface area contributed by atoms with E-state index >= 15 is 0 Å². The van der Waals surface area contributed by atoms with Gasteiger partial charge in [-0.05, 0) is 54.3 Å².